The number of hydrogen-bond acceptors (Lipinski definition) is 0. The summed E-state index contributed by atoms with van der Waals surface area (Å²) < 4.78 is 4.50. The van der Waals surface area contributed by atoms with E-state index in [1.165, 1.54) is 28.9 Å². The first-order valence-corrected chi connectivity index (χ1v) is 15.2. The molecule has 0 aromatic heterocycles. The summed E-state index contributed by atoms with van der Waals surface area (Å²) in [7, 11) is 0. The summed E-state index contributed by atoms with van der Waals surface area (Å²) in [5.41, 5.74) is 0. The first-order chi connectivity index (χ1) is 8.95. The van der Waals surface area contributed by atoms with Crippen molar-refractivity contribution < 1.29 is 6.51 Å². The van der Waals surface area contributed by atoms with Gasteiger partial charge >= 0.3 is 106 Å². The van der Waals surface area contributed by atoms with Crippen LogP contribution in [0.2, 0.25) is 46.2 Å². The van der Waals surface area contributed by atoms with Crippen molar-refractivity contribution in [3.63, 3.8) is 0 Å². The van der Waals surface area contributed by atoms with Crippen molar-refractivity contribution >= 4 is 0 Å². The Labute approximate surface area is 106 Å². The Hall–Kier alpha value is 0.519. The van der Waals surface area contributed by atoms with E-state index >= 15 is 0 Å². The second-order valence-electron chi connectivity index (χ2n) is 12.0. The third-order valence-corrected chi connectivity index (χ3v) is 65.1. The van der Waals surface area contributed by atoms with E-state index in [1.807, 2.05) is 0 Å². The Morgan fingerprint density at radius 1 is 0.579 bits per heavy atom. The zero-order chi connectivity index (χ0) is 12.6. The molecule has 0 nitrogen and oxygen atoms in total. The van der Waals surface area contributed by atoms with E-state index in [4.69, 9.17) is 0 Å². The molecule has 10 heterocycles. The van der Waals surface area contributed by atoms with E-state index in [1.54, 1.807) is 25.7 Å². The number of rotatable bonds is 4. The van der Waals surface area contributed by atoms with Gasteiger partial charge in [0.15, 0.2) is 0 Å². The molecule has 10 aliphatic heterocycles. The Morgan fingerprint density at radius 3 is 1.00 bits per heavy atom. The first kappa shape index (κ1) is 8.23. The molecule has 1 heteroatoms. The Morgan fingerprint density at radius 2 is 0.842 bits per heavy atom. The van der Waals surface area contributed by atoms with E-state index < -0.39 is 6.51 Å². The van der Waals surface area contributed by atoms with Crippen molar-refractivity contribution in [3.8, 4) is 0 Å². The van der Waals surface area contributed by atoms with Gasteiger partial charge in [-0.1, -0.05) is 0 Å². The molecule has 0 amide bonds. The van der Waals surface area contributed by atoms with Crippen molar-refractivity contribution in [2.45, 2.75) is 99.5 Å². The molecule has 10 rings (SSSR count). The van der Waals surface area contributed by atoms with Gasteiger partial charge in [-0.05, 0) is 0 Å². The topological polar surface area (TPSA) is 0 Å². The molecule has 1 spiro atoms. The summed E-state index contributed by atoms with van der Waals surface area (Å²) in [4.78, 5) is 8.79. The molecule has 0 aromatic rings. The summed E-state index contributed by atoms with van der Waals surface area (Å²) in [5, 5.41) is 0. The SMILES string of the molecule is CC[C]12[CH]3[CH]4[C]5(CC)[CH]1[Fe]34251678[CH]2[CH]1[C]6(CC)[CH]7[C]28CC. The van der Waals surface area contributed by atoms with Gasteiger partial charge in [0.05, 0.1) is 0 Å². The van der Waals surface area contributed by atoms with Crippen LogP contribution in [0.15, 0.2) is 0 Å². The molecule has 8 unspecified atom stereocenters. The normalized spacial score (nSPS) is 120. The zero-order valence-corrected chi connectivity index (χ0v) is 13.8. The van der Waals surface area contributed by atoms with Crippen molar-refractivity contribution in [3.05, 3.63) is 0 Å². The molecule has 0 bridgehead atoms. The Balaban J connectivity index is 1.70. The molecule has 0 radical (unpaired) electrons. The average Bonchev–Trinajstić information content (AvgIpc) is 3.39. The molecular weight excluding hydrogens is 272 g/mol. The maximum absolute atomic E-state index is 3.16. The molecule has 8 atom stereocenters. The van der Waals surface area contributed by atoms with E-state index in [0.29, 0.717) is 0 Å². The monoisotopic (exact) mass is 298 g/mol. The van der Waals surface area contributed by atoms with Crippen LogP contribution in [-0.4, -0.2) is 0 Å². The van der Waals surface area contributed by atoms with Gasteiger partial charge in [0.25, 0.3) is 0 Å². The minimum absolute atomic E-state index is 1.13. The summed E-state index contributed by atoms with van der Waals surface area (Å²) in [6.07, 6.45) is 6.62. The molecule has 10 aliphatic rings. The fourth-order valence-corrected chi connectivity index (χ4v) is 110. The summed E-state index contributed by atoms with van der Waals surface area (Å²) in [6, 6.07) is 0. The second kappa shape index (κ2) is 0.679. The van der Waals surface area contributed by atoms with Crippen LogP contribution < -0.4 is 0 Å². The predicted octanol–water partition coefficient (Wildman–Crippen LogP) is 6.50. The van der Waals surface area contributed by atoms with Gasteiger partial charge in [-0.3, -0.25) is 0 Å². The van der Waals surface area contributed by atoms with Crippen LogP contribution in [0.25, 0.3) is 0 Å². The summed E-state index contributed by atoms with van der Waals surface area (Å²) >= 11 is 0. The standard InChI is InChI=1S/2C9H13.Fe/c2*1-3-8-5-6-9(4-2)7-8;/h2*5-7H,3-4H2,1-2H3;. The van der Waals surface area contributed by atoms with E-state index in [0.717, 1.165) is 17.3 Å². The van der Waals surface area contributed by atoms with Crippen molar-refractivity contribution in [1.29, 1.82) is 0 Å². The number of fused-ring (bicyclic) bond motifs is 10. The van der Waals surface area contributed by atoms with E-state index in [2.05, 4.69) is 27.7 Å². The van der Waals surface area contributed by atoms with Gasteiger partial charge in [-0.2, -0.15) is 0 Å². The van der Waals surface area contributed by atoms with Crippen LogP contribution in [-0.2, 0) is 6.51 Å². The van der Waals surface area contributed by atoms with Crippen LogP contribution in [0.3, 0.4) is 0 Å². The van der Waals surface area contributed by atoms with Gasteiger partial charge in [0, 0.05) is 0 Å². The molecule has 0 aromatic carbocycles. The predicted molar refractivity (Wildman–Crippen MR) is 74.4 cm³/mol. The summed E-state index contributed by atoms with van der Waals surface area (Å²) in [5.74, 6) is 0. The maximum atomic E-state index is 2.64. The van der Waals surface area contributed by atoms with E-state index in [9.17, 15) is 0 Å². The fourth-order valence-electron chi connectivity index (χ4n) is 23.1. The molecule has 10 saturated heterocycles. The molecule has 0 saturated carbocycles. The van der Waals surface area contributed by atoms with Gasteiger partial charge in [0.2, 0.25) is 0 Å². The van der Waals surface area contributed by atoms with Crippen LogP contribution in [0, 0.1) is 0 Å². The van der Waals surface area contributed by atoms with Gasteiger partial charge in [0.1, 0.15) is 0 Å². The van der Waals surface area contributed by atoms with Crippen molar-refractivity contribution in [2.24, 2.45) is 0 Å². The Bertz CT molecular complexity index is 957. The quantitative estimate of drug-likeness (QED) is 0.520. The van der Waals surface area contributed by atoms with Crippen LogP contribution >= 0.6 is 0 Å². The van der Waals surface area contributed by atoms with E-state index in [-0.39, 0.29) is 0 Å². The van der Waals surface area contributed by atoms with Crippen molar-refractivity contribution in [1.82, 2.24) is 0 Å². The molecule has 0 N–H and O–H groups in total. The molecular formula is C18H26Fe. The van der Waals surface area contributed by atoms with Crippen LogP contribution in [0.4, 0.5) is 0 Å². The van der Waals surface area contributed by atoms with Gasteiger partial charge < -0.3 is 0 Å². The molecule has 106 valence electrons. The third kappa shape index (κ3) is 0.0722. The molecule has 19 heavy (non-hydrogen) atoms. The number of hydrogen-bond donors (Lipinski definition) is 0. The van der Waals surface area contributed by atoms with Crippen LogP contribution in [0.5, 0.6) is 0 Å². The van der Waals surface area contributed by atoms with Crippen LogP contribution in [0.1, 0.15) is 53.4 Å². The average molecular weight is 298 g/mol. The van der Waals surface area contributed by atoms with Gasteiger partial charge in [-0.15, -0.1) is 0 Å². The zero-order valence-electron chi connectivity index (χ0n) is 12.6. The van der Waals surface area contributed by atoms with Gasteiger partial charge in [-0.25, -0.2) is 0 Å². The third-order valence-electron chi connectivity index (χ3n) is 18.4. The summed E-state index contributed by atoms with van der Waals surface area (Å²) in [6.45, 7) is 7.39. The Kier molecular flexibility index (Phi) is 0.294. The second-order valence-corrected chi connectivity index (χ2v) is 35.0. The first-order valence-electron chi connectivity index (χ1n) is 9.15. The molecule has 0 aliphatic carbocycles. The fraction of sp³-hybridized carbons (Fsp3) is 1.00. The van der Waals surface area contributed by atoms with Crippen molar-refractivity contribution in [2.75, 3.05) is 0 Å². The minimum atomic E-state index is -3.16. The molecule has 10 fully saturated rings.